The summed E-state index contributed by atoms with van der Waals surface area (Å²) in [6, 6.07) is 17.9. The van der Waals surface area contributed by atoms with Gasteiger partial charge in [-0.25, -0.2) is 4.79 Å². The summed E-state index contributed by atoms with van der Waals surface area (Å²) in [5.41, 5.74) is 0.434. The van der Waals surface area contributed by atoms with E-state index in [2.05, 4.69) is 17.6 Å². The van der Waals surface area contributed by atoms with E-state index < -0.39 is 29.7 Å². The van der Waals surface area contributed by atoms with Gasteiger partial charge in [0.15, 0.2) is 0 Å². The topological polar surface area (TPSA) is 108 Å². The summed E-state index contributed by atoms with van der Waals surface area (Å²) in [6.07, 6.45) is 5.35. The summed E-state index contributed by atoms with van der Waals surface area (Å²) in [5, 5.41) is 17.6. The van der Waals surface area contributed by atoms with Crippen LogP contribution in [0, 0.1) is 0 Å². The number of hydrogen-bond acceptors (Lipinski definition) is 5. The standard InChI is InChI=1S/C34H45N3O5/c1-6-7-8-9-10-13-22-37(32(40)24(2)35-33(41)42-34(3,4)5)30(26-17-20-29(38)21-18-26)31(39)36-28-19-16-25-14-11-12-15-27(25)23-28/h11-12,14-21,23-24,30,38H,6-10,13,22H2,1-5H3,(H,35,41)(H,36,39). The van der Waals surface area contributed by atoms with E-state index in [1.54, 1.807) is 39.8 Å². The normalized spacial score (nSPS) is 12.8. The lowest BCUT2D eigenvalue weighted by molar-refractivity contribution is -0.140. The van der Waals surface area contributed by atoms with Gasteiger partial charge in [-0.15, -0.1) is 0 Å². The molecule has 0 heterocycles. The number of benzene rings is 3. The summed E-state index contributed by atoms with van der Waals surface area (Å²) >= 11 is 0. The lowest BCUT2D eigenvalue weighted by Gasteiger charge is -2.34. The van der Waals surface area contributed by atoms with Crippen molar-refractivity contribution in [1.29, 1.82) is 0 Å². The fourth-order valence-corrected chi connectivity index (χ4v) is 4.83. The third-order valence-corrected chi connectivity index (χ3v) is 6.93. The molecular weight excluding hydrogens is 530 g/mol. The summed E-state index contributed by atoms with van der Waals surface area (Å²) in [6.45, 7) is 9.33. The molecule has 3 aromatic rings. The highest BCUT2D eigenvalue weighted by atomic mass is 16.6. The molecule has 42 heavy (non-hydrogen) atoms. The highest BCUT2D eigenvalue weighted by Gasteiger charge is 2.34. The van der Waals surface area contributed by atoms with Gasteiger partial charge in [-0.1, -0.05) is 81.5 Å². The van der Waals surface area contributed by atoms with Gasteiger partial charge in [0.25, 0.3) is 5.91 Å². The molecule has 0 fully saturated rings. The van der Waals surface area contributed by atoms with Crippen LogP contribution in [0.4, 0.5) is 10.5 Å². The lowest BCUT2D eigenvalue weighted by Crippen LogP contribution is -2.51. The second-order valence-corrected chi connectivity index (χ2v) is 11.7. The SMILES string of the molecule is CCCCCCCCN(C(=O)C(C)NC(=O)OC(C)(C)C)C(C(=O)Nc1ccc2ccccc2c1)c1ccc(O)cc1. The quantitative estimate of drug-likeness (QED) is 0.185. The van der Waals surface area contributed by atoms with Crippen molar-refractivity contribution < 1.29 is 24.2 Å². The second-order valence-electron chi connectivity index (χ2n) is 11.7. The summed E-state index contributed by atoms with van der Waals surface area (Å²) in [7, 11) is 0. The van der Waals surface area contributed by atoms with Gasteiger partial charge < -0.3 is 25.4 Å². The maximum atomic E-state index is 14.0. The van der Waals surface area contributed by atoms with Gasteiger partial charge >= 0.3 is 6.09 Å². The van der Waals surface area contributed by atoms with Crippen LogP contribution >= 0.6 is 0 Å². The van der Waals surface area contributed by atoms with Crippen molar-refractivity contribution >= 4 is 34.4 Å². The largest absolute Gasteiger partial charge is 0.508 e. The van der Waals surface area contributed by atoms with E-state index in [0.717, 1.165) is 42.9 Å². The van der Waals surface area contributed by atoms with Crippen LogP contribution in [0.3, 0.4) is 0 Å². The van der Waals surface area contributed by atoms with Gasteiger partial charge in [-0.05, 0) is 74.7 Å². The van der Waals surface area contributed by atoms with Crippen LogP contribution < -0.4 is 10.6 Å². The van der Waals surface area contributed by atoms with E-state index in [-0.39, 0.29) is 11.7 Å². The summed E-state index contributed by atoms with van der Waals surface area (Å²) in [4.78, 5) is 42.0. The Hall–Kier alpha value is -4.07. The number of carbonyl (C=O) groups is 3. The highest BCUT2D eigenvalue weighted by molar-refractivity contribution is 6.00. The smallest absolute Gasteiger partial charge is 0.408 e. The van der Waals surface area contributed by atoms with E-state index in [4.69, 9.17) is 4.74 Å². The zero-order valence-corrected chi connectivity index (χ0v) is 25.5. The molecule has 0 aromatic heterocycles. The number of carbonyl (C=O) groups excluding carboxylic acids is 3. The van der Waals surface area contributed by atoms with Gasteiger partial charge in [0, 0.05) is 12.2 Å². The van der Waals surface area contributed by atoms with Crippen LogP contribution in [0.25, 0.3) is 10.8 Å². The fourth-order valence-electron chi connectivity index (χ4n) is 4.83. The average Bonchev–Trinajstić information content (AvgIpc) is 2.93. The minimum absolute atomic E-state index is 0.0567. The molecule has 0 spiro atoms. The molecule has 3 amide bonds. The first-order valence-corrected chi connectivity index (χ1v) is 14.9. The molecule has 8 heteroatoms. The molecule has 3 aromatic carbocycles. The molecular formula is C34H45N3O5. The van der Waals surface area contributed by atoms with E-state index in [0.29, 0.717) is 24.2 Å². The van der Waals surface area contributed by atoms with Crippen LogP contribution in [0.1, 0.15) is 84.7 Å². The maximum Gasteiger partial charge on any atom is 0.408 e. The van der Waals surface area contributed by atoms with Gasteiger partial charge in [-0.2, -0.15) is 0 Å². The lowest BCUT2D eigenvalue weighted by atomic mass is 10.0. The Balaban J connectivity index is 1.92. The van der Waals surface area contributed by atoms with Crippen molar-refractivity contribution in [2.45, 2.75) is 90.8 Å². The first-order valence-electron chi connectivity index (χ1n) is 14.9. The van der Waals surface area contributed by atoms with E-state index in [9.17, 15) is 19.5 Å². The van der Waals surface area contributed by atoms with Crippen molar-refractivity contribution in [2.75, 3.05) is 11.9 Å². The predicted molar refractivity (Wildman–Crippen MR) is 167 cm³/mol. The predicted octanol–water partition coefficient (Wildman–Crippen LogP) is 7.33. The zero-order valence-electron chi connectivity index (χ0n) is 25.5. The molecule has 0 saturated carbocycles. The molecule has 0 aliphatic carbocycles. The molecule has 0 aliphatic heterocycles. The molecule has 0 bridgehead atoms. The number of ether oxygens (including phenoxy) is 1. The van der Waals surface area contributed by atoms with E-state index in [1.165, 1.54) is 17.0 Å². The number of nitrogens with one attached hydrogen (secondary N) is 2. The van der Waals surface area contributed by atoms with Gasteiger partial charge in [0.1, 0.15) is 23.4 Å². The van der Waals surface area contributed by atoms with Crippen LogP contribution in [0.2, 0.25) is 0 Å². The Morgan fingerprint density at radius 3 is 2.19 bits per heavy atom. The van der Waals surface area contributed by atoms with Crippen molar-refractivity contribution in [1.82, 2.24) is 10.2 Å². The maximum absolute atomic E-state index is 14.0. The number of anilines is 1. The number of phenolic OH excluding ortho intramolecular Hbond substituents is 1. The highest BCUT2D eigenvalue weighted by Crippen LogP contribution is 2.28. The van der Waals surface area contributed by atoms with Crippen molar-refractivity contribution in [3.63, 3.8) is 0 Å². The number of aromatic hydroxyl groups is 1. The van der Waals surface area contributed by atoms with Crippen LogP contribution in [0.5, 0.6) is 5.75 Å². The monoisotopic (exact) mass is 575 g/mol. The molecule has 8 nitrogen and oxygen atoms in total. The van der Waals surface area contributed by atoms with E-state index >= 15 is 0 Å². The second kappa shape index (κ2) is 15.2. The van der Waals surface area contributed by atoms with Crippen molar-refractivity contribution in [2.24, 2.45) is 0 Å². The number of rotatable bonds is 13. The van der Waals surface area contributed by atoms with E-state index in [1.807, 2.05) is 42.5 Å². The number of alkyl carbamates (subject to hydrolysis) is 1. The number of phenols is 1. The van der Waals surface area contributed by atoms with Crippen molar-refractivity contribution in [3.8, 4) is 5.75 Å². The number of nitrogens with zero attached hydrogens (tertiary/aromatic N) is 1. The summed E-state index contributed by atoms with van der Waals surface area (Å²) < 4.78 is 5.37. The Kier molecular flexibility index (Phi) is 11.8. The third kappa shape index (κ3) is 9.79. The number of amides is 3. The Bertz CT molecular complexity index is 1330. The number of unbranched alkanes of at least 4 members (excludes halogenated alkanes) is 5. The molecule has 2 atom stereocenters. The Morgan fingerprint density at radius 1 is 0.881 bits per heavy atom. The molecule has 3 N–H and O–H groups in total. The molecule has 0 radical (unpaired) electrons. The van der Waals surface area contributed by atoms with Gasteiger partial charge in [0.05, 0.1) is 0 Å². The van der Waals surface area contributed by atoms with Crippen LogP contribution in [0.15, 0.2) is 66.7 Å². The molecule has 0 aliphatic rings. The van der Waals surface area contributed by atoms with Gasteiger partial charge in [0.2, 0.25) is 5.91 Å². The molecule has 2 unspecified atom stereocenters. The number of hydrogen-bond donors (Lipinski definition) is 3. The Morgan fingerprint density at radius 2 is 1.52 bits per heavy atom. The van der Waals surface area contributed by atoms with Crippen LogP contribution in [-0.2, 0) is 14.3 Å². The average molecular weight is 576 g/mol. The fraction of sp³-hybridized carbons (Fsp3) is 0.441. The zero-order chi connectivity index (χ0) is 30.7. The first-order chi connectivity index (χ1) is 20.0. The Labute approximate surface area is 249 Å². The minimum atomic E-state index is -0.997. The minimum Gasteiger partial charge on any atom is -0.508 e. The van der Waals surface area contributed by atoms with Crippen molar-refractivity contribution in [3.05, 3.63) is 72.3 Å². The van der Waals surface area contributed by atoms with Gasteiger partial charge in [-0.3, -0.25) is 9.59 Å². The van der Waals surface area contributed by atoms with Crippen LogP contribution in [-0.4, -0.2) is 46.1 Å². The molecule has 3 rings (SSSR count). The molecule has 0 saturated heterocycles. The summed E-state index contributed by atoms with van der Waals surface area (Å²) in [5.74, 6) is -0.734. The first kappa shape index (κ1) is 32.4. The number of fused-ring (bicyclic) bond motifs is 1. The third-order valence-electron chi connectivity index (χ3n) is 6.93. The molecule has 226 valence electrons.